The molecule has 0 aromatic heterocycles. The Bertz CT molecular complexity index is 1130. The van der Waals surface area contributed by atoms with Gasteiger partial charge in [-0.2, -0.15) is 0 Å². The molecule has 0 saturated heterocycles. The van der Waals surface area contributed by atoms with Crippen molar-refractivity contribution >= 4 is 27.5 Å². The number of benzene rings is 2. The number of hydrogen-bond donors (Lipinski definition) is 1. The van der Waals surface area contributed by atoms with E-state index in [0.717, 1.165) is 21.7 Å². The molecule has 0 unspecified atom stereocenters. The van der Waals surface area contributed by atoms with Gasteiger partial charge in [0.15, 0.2) is 0 Å². The van der Waals surface area contributed by atoms with Gasteiger partial charge < -0.3 is 10.2 Å². The van der Waals surface area contributed by atoms with Crippen LogP contribution in [-0.2, 0) is 26.2 Å². The summed E-state index contributed by atoms with van der Waals surface area (Å²) in [5.41, 5.74) is 2.69. The maximum atomic E-state index is 13.6. The molecule has 0 heterocycles. The molecule has 2 rings (SSSR count). The van der Waals surface area contributed by atoms with Crippen LogP contribution in [0.5, 0.6) is 0 Å². The lowest BCUT2D eigenvalue weighted by Crippen LogP contribution is -2.52. The molecule has 192 valence electrons. The minimum Gasteiger partial charge on any atom is -0.354 e. The molecule has 2 aromatic carbocycles. The summed E-state index contributed by atoms with van der Waals surface area (Å²) >= 11 is 0. The van der Waals surface area contributed by atoms with Crippen molar-refractivity contribution in [3.63, 3.8) is 0 Å². The van der Waals surface area contributed by atoms with Crippen molar-refractivity contribution < 1.29 is 22.4 Å². The van der Waals surface area contributed by atoms with E-state index in [1.807, 2.05) is 26.8 Å². The Labute approximate surface area is 208 Å². The number of carbonyl (C=O) groups is 2. The Hall–Kier alpha value is -2.94. The van der Waals surface area contributed by atoms with Gasteiger partial charge in [-0.15, -0.1) is 0 Å². The summed E-state index contributed by atoms with van der Waals surface area (Å²) in [4.78, 5) is 28.1. The van der Waals surface area contributed by atoms with Gasteiger partial charge in [-0.1, -0.05) is 45.0 Å². The van der Waals surface area contributed by atoms with Crippen LogP contribution in [0.2, 0.25) is 0 Å². The van der Waals surface area contributed by atoms with Crippen molar-refractivity contribution in [2.24, 2.45) is 5.92 Å². The van der Waals surface area contributed by atoms with Gasteiger partial charge in [0, 0.05) is 13.1 Å². The fourth-order valence-corrected chi connectivity index (χ4v) is 4.63. The molecule has 0 aliphatic heterocycles. The summed E-state index contributed by atoms with van der Waals surface area (Å²) in [5.74, 6) is -1.02. The first-order valence-electron chi connectivity index (χ1n) is 11.7. The summed E-state index contributed by atoms with van der Waals surface area (Å²) in [6.07, 6.45) is 1.39. The monoisotopic (exact) mass is 505 g/mol. The van der Waals surface area contributed by atoms with Crippen LogP contribution in [0.25, 0.3) is 0 Å². The molecule has 2 aromatic rings. The van der Waals surface area contributed by atoms with E-state index in [1.165, 1.54) is 17.0 Å². The van der Waals surface area contributed by atoms with Crippen molar-refractivity contribution in [2.45, 2.75) is 53.6 Å². The first-order valence-corrected chi connectivity index (χ1v) is 13.6. The molecule has 1 atom stereocenters. The van der Waals surface area contributed by atoms with Gasteiger partial charge in [-0.3, -0.25) is 13.9 Å². The van der Waals surface area contributed by atoms with Crippen LogP contribution in [0, 0.1) is 25.6 Å². The number of aryl methyl sites for hydroxylation is 1. The smallest absolute Gasteiger partial charge is 0.244 e. The molecular formula is C26H36FN3O4S. The number of carbonyl (C=O) groups excluding carboxylic acids is 2. The molecule has 35 heavy (non-hydrogen) atoms. The fraction of sp³-hybridized carbons (Fsp3) is 0.462. The third-order valence-corrected chi connectivity index (χ3v) is 6.99. The number of anilines is 1. The van der Waals surface area contributed by atoms with Gasteiger partial charge in [0.05, 0.1) is 11.9 Å². The van der Waals surface area contributed by atoms with Crippen LogP contribution in [0.15, 0.2) is 42.5 Å². The molecule has 0 fully saturated rings. The zero-order chi connectivity index (χ0) is 26.3. The van der Waals surface area contributed by atoms with E-state index < -0.39 is 34.3 Å². The van der Waals surface area contributed by atoms with E-state index in [1.54, 1.807) is 38.1 Å². The van der Waals surface area contributed by atoms with Gasteiger partial charge in [0.25, 0.3) is 0 Å². The summed E-state index contributed by atoms with van der Waals surface area (Å²) in [6.45, 7) is 9.43. The van der Waals surface area contributed by atoms with Crippen molar-refractivity contribution in [1.82, 2.24) is 10.2 Å². The van der Waals surface area contributed by atoms with E-state index in [9.17, 15) is 22.4 Å². The number of halogens is 1. The van der Waals surface area contributed by atoms with E-state index in [2.05, 4.69) is 5.32 Å². The van der Waals surface area contributed by atoms with E-state index in [4.69, 9.17) is 0 Å². The third-order valence-electron chi connectivity index (χ3n) is 5.86. The molecule has 2 amide bonds. The highest BCUT2D eigenvalue weighted by Crippen LogP contribution is 2.25. The average Bonchev–Trinajstić information content (AvgIpc) is 2.78. The van der Waals surface area contributed by atoms with Gasteiger partial charge in [0.2, 0.25) is 21.8 Å². The summed E-state index contributed by atoms with van der Waals surface area (Å²) in [5, 5.41) is 2.87. The number of amides is 2. The van der Waals surface area contributed by atoms with Crippen molar-refractivity contribution in [2.75, 3.05) is 23.7 Å². The van der Waals surface area contributed by atoms with Crippen LogP contribution in [-0.4, -0.2) is 50.5 Å². The molecule has 9 heteroatoms. The second-order valence-electron chi connectivity index (χ2n) is 9.20. The topological polar surface area (TPSA) is 86.8 Å². The maximum Gasteiger partial charge on any atom is 0.244 e. The molecule has 0 radical (unpaired) electrons. The zero-order valence-electron chi connectivity index (χ0n) is 21.3. The summed E-state index contributed by atoms with van der Waals surface area (Å²) in [6, 6.07) is 10.1. The first kappa shape index (κ1) is 28.3. The quantitative estimate of drug-likeness (QED) is 0.504. The van der Waals surface area contributed by atoms with Crippen LogP contribution < -0.4 is 9.62 Å². The van der Waals surface area contributed by atoms with Crippen LogP contribution >= 0.6 is 0 Å². The van der Waals surface area contributed by atoms with Gasteiger partial charge in [-0.25, -0.2) is 12.8 Å². The number of nitrogens with one attached hydrogen (secondary N) is 1. The number of nitrogens with zero attached hydrogens (tertiary/aromatic N) is 2. The molecule has 0 spiro atoms. The Morgan fingerprint density at radius 1 is 1.06 bits per heavy atom. The molecule has 0 aliphatic rings. The number of rotatable bonds is 11. The SMILES string of the molecule is CC[C@H](C(=O)NCC(C)C)N(Cc1ccc(F)cc1)C(=O)CN(c1cccc(C)c1C)S(C)(=O)=O. The van der Waals surface area contributed by atoms with Crippen LogP contribution in [0.3, 0.4) is 0 Å². The maximum absolute atomic E-state index is 13.6. The predicted octanol–water partition coefficient (Wildman–Crippen LogP) is 3.79. The first-order chi connectivity index (χ1) is 16.3. The zero-order valence-corrected chi connectivity index (χ0v) is 22.2. The minimum atomic E-state index is -3.80. The molecule has 0 bridgehead atoms. The normalized spacial score (nSPS) is 12.3. The second kappa shape index (κ2) is 12.2. The number of hydrogen-bond acceptors (Lipinski definition) is 4. The molecule has 0 saturated carbocycles. The van der Waals surface area contributed by atoms with Crippen LogP contribution in [0.4, 0.5) is 10.1 Å². The highest BCUT2D eigenvalue weighted by molar-refractivity contribution is 7.92. The lowest BCUT2D eigenvalue weighted by Gasteiger charge is -2.33. The van der Waals surface area contributed by atoms with Crippen molar-refractivity contribution in [3.05, 3.63) is 65.0 Å². The second-order valence-corrected chi connectivity index (χ2v) is 11.1. The predicted molar refractivity (Wildman–Crippen MR) is 137 cm³/mol. The van der Waals surface area contributed by atoms with E-state index in [0.29, 0.717) is 24.2 Å². The van der Waals surface area contributed by atoms with E-state index >= 15 is 0 Å². The highest BCUT2D eigenvalue weighted by atomic mass is 32.2. The Morgan fingerprint density at radius 3 is 2.23 bits per heavy atom. The molecule has 7 nitrogen and oxygen atoms in total. The highest BCUT2D eigenvalue weighted by Gasteiger charge is 2.32. The Morgan fingerprint density at radius 2 is 1.69 bits per heavy atom. The van der Waals surface area contributed by atoms with Crippen molar-refractivity contribution in [3.8, 4) is 0 Å². The van der Waals surface area contributed by atoms with Crippen molar-refractivity contribution in [1.29, 1.82) is 0 Å². The number of sulfonamides is 1. The molecular weight excluding hydrogens is 469 g/mol. The Kier molecular flexibility index (Phi) is 9.82. The third kappa shape index (κ3) is 7.78. The largest absolute Gasteiger partial charge is 0.354 e. The molecule has 1 N–H and O–H groups in total. The minimum absolute atomic E-state index is 0.0388. The molecule has 0 aliphatic carbocycles. The lowest BCUT2D eigenvalue weighted by atomic mass is 10.1. The standard InChI is InChI=1S/C26H36FN3O4S/c1-7-23(26(32)28-15-18(2)3)29(16-21-11-13-22(27)14-12-21)25(31)17-30(35(6,33)34)24-10-8-9-19(4)20(24)5/h8-14,18,23H,7,15-17H2,1-6H3,(H,28,32)/t23-/m1/s1. The van der Waals surface area contributed by atoms with E-state index in [-0.39, 0.29) is 18.4 Å². The van der Waals surface area contributed by atoms with Gasteiger partial charge >= 0.3 is 0 Å². The lowest BCUT2D eigenvalue weighted by molar-refractivity contribution is -0.140. The van der Waals surface area contributed by atoms with Crippen LogP contribution in [0.1, 0.15) is 43.9 Å². The van der Waals surface area contributed by atoms with Gasteiger partial charge in [-0.05, 0) is 61.1 Å². The summed E-state index contributed by atoms with van der Waals surface area (Å²) in [7, 11) is -3.80. The average molecular weight is 506 g/mol. The Balaban J connectivity index is 2.45. The fourth-order valence-electron chi connectivity index (χ4n) is 3.73. The van der Waals surface area contributed by atoms with Gasteiger partial charge in [0.1, 0.15) is 18.4 Å². The summed E-state index contributed by atoms with van der Waals surface area (Å²) < 4.78 is 40.0.